The highest BCUT2D eigenvalue weighted by Gasteiger charge is 2.29. The van der Waals surface area contributed by atoms with E-state index < -0.39 is 0 Å². The maximum atomic E-state index is 4.75. The first kappa shape index (κ1) is 13.6. The van der Waals surface area contributed by atoms with Crippen LogP contribution in [0, 0.1) is 6.92 Å². The van der Waals surface area contributed by atoms with Gasteiger partial charge in [0.15, 0.2) is 0 Å². The van der Waals surface area contributed by atoms with E-state index in [1.165, 1.54) is 35.1 Å². The lowest BCUT2D eigenvalue weighted by atomic mass is 10.1. The van der Waals surface area contributed by atoms with Gasteiger partial charge in [0.1, 0.15) is 5.82 Å². The summed E-state index contributed by atoms with van der Waals surface area (Å²) in [6.45, 7) is 4.21. The minimum absolute atomic E-state index is 0.438. The molecule has 22 heavy (non-hydrogen) atoms. The first-order valence-electron chi connectivity index (χ1n) is 8.01. The van der Waals surface area contributed by atoms with Crippen molar-refractivity contribution in [3.63, 3.8) is 0 Å². The van der Waals surface area contributed by atoms with Gasteiger partial charge >= 0.3 is 0 Å². The fraction of sp³-hybridized carbons (Fsp3) is 0.389. The number of rotatable bonds is 3. The summed E-state index contributed by atoms with van der Waals surface area (Å²) in [5.41, 5.74) is 3.73. The highest BCUT2D eigenvalue weighted by molar-refractivity contribution is 5.82. The molecule has 1 aromatic carbocycles. The van der Waals surface area contributed by atoms with Crippen LogP contribution >= 0.6 is 0 Å². The van der Waals surface area contributed by atoms with E-state index in [0.717, 1.165) is 18.8 Å². The lowest BCUT2D eigenvalue weighted by molar-refractivity contribution is 0.237. The fourth-order valence-electron chi connectivity index (χ4n) is 3.76. The molecule has 4 nitrogen and oxygen atoms in total. The molecule has 0 amide bonds. The molecular formula is C18H22N4. The van der Waals surface area contributed by atoms with E-state index in [-0.39, 0.29) is 0 Å². The molecule has 0 aliphatic carbocycles. The smallest absolute Gasteiger partial charge is 0.126 e. The number of hydrogen-bond acceptors (Lipinski definition) is 2. The Labute approximate surface area is 130 Å². The van der Waals surface area contributed by atoms with E-state index in [9.17, 15) is 0 Å². The molecule has 0 saturated carbocycles. The predicted octanol–water partition coefficient (Wildman–Crippen LogP) is 3.55. The molecule has 0 bridgehead atoms. The van der Waals surface area contributed by atoms with Crippen LogP contribution < -0.4 is 0 Å². The van der Waals surface area contributed by atoms with Crippen LogP contribution in [0.15, 0.2) is 36.7 Å². The molecule has 0 spiro atoms. The maximum Gasteiger partial charge on any atom is 0.126 e. The van der Waals surface area contributed by atoms with Crippen LogP contribution in [0.2, 0.25) is 0 Å². The van der Waals surface area contributed by atoms with E-state index in [4.69, 9.17) is 4.98 Å². The Morgan fingerprint density at radius 3 is 3.05 bits per heavy atom. The van der Waals surface area contributed by atoms with Gasteiger partial charge in [-0.15, -0.1) is 0 Å². The van der Waals surface area contributed by atoms with Gasteiger partial charge in [-0.05, 0) is 44.0 Å². The third kappa shape index (κ3) is 2.24. The number of nitrogens with one attached hydrogen (secondary N) is 1. The molecule has 1 aliphatic rings. The van der Waals surface area contributed by atoms with Gasteiger partial charge in [-0.3, -0.25) is 4.90 Å². The number of likely N-dealkylation sites (tertiary alicyclic amines) is 1. The Kier molecular flexibility index (Phi) is 3.26. The number of imidazole rings is 1. The summed E-state index contributed by atoms with van der Waals surface area (Å²) in [5.74, 6) is 1.20. The van der Waals surface area contributed by atoms with Crippen LogP contribution in [-0.2, 0) is 13.6 Å². The number of hydrogen-bond donors (Lipinski definition) is 1. The summed E-state index contributed by atoms with van der Waals surface area (Å²) in [7, 11) is 2.11. The highest BCUT2D eigenvalue weighted by Crippen LogP contribution is 2.33. The zero-order valence-corrected chi connectivity index (χ0v) is 13.2. The molecular weight excluding hydrogens is 272 g/mol. The second-order valence-electron chi connectivity index (χ2n) is 6.34. The largest absolute Gasteiger partial charge is 0.361 e. The van der Waals surface area contributed by atoms with Crippen molar-refractivity contribution >= 4 is 10.9 Å². The van der Waals surface area contributed by atoms with Crippen LogP contribution in [0.4, 0.5) is 0 Å². The zero-order chi connectivity index (χ0) is 15.1. The Balaban J connectivity index is 1.64. The maximum absolute atomic E-state index is 4.75. The molecule has 114 valence electrons. The molecule has 4 rings (SSSR count). The number of aromatic amines is 1. The van der Waals surface area contributed by atoms with Gasteiger partial charge in [0.25, 0.3) is 0 Å². The fourth-order valence-corrected chi connectivity index (χ4v) is 3.76. The number of fused-ring (bicyclic) bond motifs is 1. The molecule has 1 unspecified atom stereocenters. The molecule has 1 fully saturated rings. The van der Waals surface area contributed by atoms with Gasteiger partial charge < -0.3 is 9.55 Å². The van der Waals surface area contributed by atoms with Gasteiger partial charge in [-0.1, -0.05) is 12.1 Å². The second kappa shape index (κ2) is 5.29. The normalized spacial score (nSPS) is 19.3. The van der Waals surface area contributed by atoms with Crippen molar-refractivity contribution in [1.82, 2.24) is 19.4 Å². The highest BCUT2D eigenvalue weighted by atomic mass is 15.2. The first-order chi connectivity index (χ1) is 10.7. The predicted molar refractivity (Wildman–Crippen MR) is 88.6 cm³/mol. The second-order valence-corrected chi connectivity index (χ2v) is 6.34. The molecule has 2 aromatic heterocycles. The Morgan fingerprint density at radius 2 is 2.23 bits per heavy atom. The van der Waals surface area contributed by atoms with E-state index in [1.54, 1.807) is 0 Å². The third-order valence-electron chi connectivity index (χ3n) is 4.75. The van der Waals surface area contributed by atoms with E-state index in [0.29, 0.717) is 6.04 Å². The average Bonchev–Trinajstić information content (AvgIpc) is 3.19. The number of aryl methyl sites for hydroxylation is 2. The molecule has 1 saturated heterocycles. The van der Waals surface area contributed by atoms with Gasteiger partial charge in [0.2, 0.25) is 0 Å². The molecule has 3 aromatic rings. The van der Waals surface area contributed by atoms with E-state index >= 15 is 0 Å². The standard InChI is InChI=1S/C18H22N4/c1-13-11-21(2)18(20-13)17-7-4-10-22(17)12-14-5-3-6-16-15(14)8-9-19-16/h3,5-6,8-9,11,17,19H,4,7,10,12H2,1-2H3. The minimum Gasteiger partial charge on any atom is -0.361 e. The van der Waals surface area contributed by atoms with Crippen LogP contribution in [-0.4, -0.2) is 26.0 Å². The lowest BCUT2D eigenvalue weighted by Crippen LogP contribution is -2.24. The van der Waals surface area contributed by atoms with Crippen molar-refractivity contribution in [3.8, 4) is 0 Å². The topological polar surface area (TPSA) is 36.9 Å². The molecule has 3 heterocycles. The van der Waals surface area contributed by atoms with Crippen molar-refractivity contribution in [1.29, 1.82) is 0 Å². The van der Waals surface area contributed by atoms with E-state index in [1.807, 2.05) is 6.20 Å². The summed E-state index contributed by atoms with van der Waals surface area (Å²) in [5, 5.41) is 1.34. The van der Waals surface area contributed by atoms with Gasteiger partial charge in [0, 0.05) is 36.9 Å². The quantitative estimate of drug-likeness (QED) is 0.802. The Hall–Kier alpha value is -2.07. The summed E-state index contributed by atoms with van der Waals surface area (Å²) in [6.07, 6.45) is 6.60. The number of aromatic nitrogens is 3. The lowest BCUT2D eigenvalue weighted by Gasteiger charge is -2.24. The van der Waals surface area contributed by atoms with Crippen molar-refractivity contribution in [3.05, 3.63) is 53.7 Å². The van der Waals surface area contributed by atoms with E-state index in [2.05, 4.69) is 58.9 Å². The van der Waals surface area contributed by atoms with Crippen molar-refractivity contribution in [2.75, 3.05) is 6.54 Å². The van der Waals surface area contributed by atoms with Gasteiger partial charge in [-0.25, -0.2) is 4.98 Å². The van der Waals surface area contributed by atoms with Gasteiger partial charge in [-0.2, -0.15) is 0 Å². The van der Waals surface area contributed by atoms with Crippen LogP contribution in [0.1, 0.15) is 36.0 Å². The zero-order valence-electron chi connectivity index (χ0n) is 13.2. The van der Waals surface area contributed by atoms with Crippen molar-refractivity contribution in [2.24, 2.45) is 7.05 Å². The Morgan fingerprint density at radius 1 is 1.32 bits per heavy atom. The molecule has 1 N–H and O–H groups in total. The monoisotopic (exact) mass is 294 g/mol. The molecule has 0 radical (unpaired) electrons. The first-order valence-corrected chi connectivity index (χ1v) is 8.01. The van der Waals surface area contributed by atoms with Crippen molar-refractivity contribution < 1.29 is 0 Å². The van der Waals surface area contributed by atoms with Crippen molar-refractivity contribution in [2.45, 2.75) is 32.4 Å². The third-order valence-corrected chi connectivity index (χ3v) is 4.75. The van der Waals surface area contributed by atoms with Crippen LogP contribution in [0.25, 0.3) is 10.9 Å². The molecule has 4 heteroatoms. The SMILES string of the molecule is Cc1cn(C)c(C2CCCN2Cc2cccc3[nH]ccc23)n1. The molecule has 1 aliphatic heterocycles. The van der Waals surface area contributed by atoms with Gasteiger partial charge in [0.05, 0.1) is 11.7 Å². The summed E-state index contributed by atoms with van der Waals surface area (Å²) < 4.78 is 2.19. The number of H-pyrrole nitrogens is 1. The molecule has 1 atom stereocenters. The summed E-state index contributed by atoms with van der Waals surface area (Å²) in [6, 6.07) is 9.15. The van der Waals surface area contributed by atoms with Crippen LogP contribution in [0.5, 0.6) is 0 Å². The summed E-state index contributed by atoms with van der Waals surface area (Å²) in [4.78, 5) is 10.6. The van der Waals surface area contributed by atoms with Crippen LogP contribution in [0.3, 0.4) is 0 Å². The number of benzene rings is 1. The average molecular weight is 294 g/mol. The Bertz CT molecular complexity index is 798. The number of nitrogens with zero attached hydrogens (tertiary/aromatic N) is 3. The minimum atomic E-state index is 0.438. The summed E-state index contributed by atoms with van der Waals surface area (Å²) >= 11 is 0.